The molecule has 0 aliphatic heterocycles. The Labute approximate surface area is 151 Å². The van der Waals surface area contributed by atoms with Crippen LogP contribution in [-0.4, -0.2) is 17.1 Å². The number of hydrogen-bond acceptors (Lipinski definition) is 2. The highest BCUT2D eigenvalue weighted by molar-refractivity contribution is 6.01. The second-order valence-electron chi connectivity index (χ2n) is 5.64. The maximum absolute atomic E-state index is 13.0. The van der Waals surface area contributed by atoms with Crippen LogP contribution in [0.2, 0.25) is 0 Å². The number of carboxylic acids is 1. The predicted molar refractivity (Wildman–Crippen MR) is 100 cm³/mol. The fourth-order valence-corrected chi connectivity index (χ4v) is 2.66. The summed E-state index contributed by atoms with van der Waals surface area (Å²) in [7, 11) is 0. The molecule has 0 aromatic heterocycles. The SMILES string of the molecule is O=C(O)[C@@H](NC(=O)N(c1ccccc1)c1ccccc1)c1ccccc1. The van der Waals surface area contributed by atoms with Gasteiger partial charge < -0.3 is 10.4 Å². The second-order valence-corrected chi connectivity index (χ2v) is 5.64. The molecule has 0 unspecified atom stereocenters. The molecule has 1 atom stereocenters. The summed E-state index contributed by atoms with van der Waals surface area (Å²) in [6, 6.07) is 25.2. The van der Waals surface area contributed by atoms with Gasteiger partial charge in [-0.2, -0.15) is 0 Å². The molecule has 0 bridgehead atoms. The molecule has 0 heterocycles. The number of carbonyl (C=O) groups excluding carboxylic acids is 1. The first-order valence-corrected chi connectivity index (χ1v) is 8.15. The number of para-hydroxylation sites is 2. The van der Waals surface area contributed by atoms with E-state index in [1.165, 1.54) is 4.90 Å². The van der Waals surface area contributed by atoms with Gasteiger partial charge >= 0.3 is 12.0 Å². The highest BCUT2D eigenvalue weighted by Crippen LogP contribution is 2.26. The van der Waals surface area contributed by atoms with Crippen LogP contribution >= 0.6 is 0 Å². The van der Waals surface area contributed by atoms with Gasteiger partial charge in [-0.1, -0.05) is 66.7 Å². The van der Waals surface area contributed by atoms with E-state index in [9.17, 15) is 14.7 Å². The number of rotatable bonds is 5. The summed E-state index contributed by atoms with van der Waals surface area (Å²) < 4.78 is 0. The van der Waals surface area contributed by atoms with Gasteiger partial charge in [0.05, 0.1) is 11.4 Å². The molecule has 2 N–H and O–H groups in total. The smallest absolute Gasteiger partial charge is 0.330 e. The highest BCUT2D eigenvalue weighted by Gasteiger charge is 2.26. The summed E-state index contributed by atoms with van der Waals surface area (Å²) in [5.41, 5.74) is 1.80. The van der Waals surface area contributed by atoms with Gasteiger partial charge in [-0.05, 0) is 29.8 Å². The first-order chi connectivity index (χ1) is 12.7. The number of carbonyl (C=O) groups is 2. The van der Waals surface area contributed by atoms with Crippen LogP contribution in [0.25, 0.3) is 0 Å². The molecular weight excluding hydrogens is 328 g/mol. The number of amides is 2. The molecule has 0 spiro atoms. The summed E-state index contributed by atoms with van der Waals surface area (Å²) in [4.78, 5) is 26.1. The Hall–Kier alpha value is -3.60. The summed E-state index contributed by atoms with van der Waals surface area (Å²) in [6.07, 6.45) is 0. The van der Waals surface area contributed by atoms with Crippen LogP contribution in [0.4, 0.5) is 16.2 Å². The van der Waals surface area contributed by atoms with E-state index in [0.717, 1.165) is 0 Å². The number of anilines is 2. The Morgan fingerprint density at radius 2 is 1.15 bits per heavy atom. The lowest BCUT2D eigenvalue weighted by molar-refractivity contribution is -0.139. The lowest BCUT2D eigenvalue weighted by Crippen LogP contribution is -2.41. The maximum Gasteiger partial charge on any atom is 0.330 e. The summed E-state index contributed by atoms with van der Waals surface area (Å²) in [5.74, 6) is -1.12. The molecule has 0 saturated heterocycles. The molecule has 5 nitrogen and oxygen atoms in total. The van der Waals surface area contributed by atoms with Gasteiger partial charge in [0.1, 0.15) is 0 Å². The van der Waals surface area contributed by atoms with Crippen molar-refractivity contribution in [3.8, 4) is 0 Å². The molecule has 26 heavy (non-hydrogen) atoms. The minimum atomic E-state index is -1.14. The van der Waals surface area contributed by atoms with E-state index in [1.807, 2.05) is 36.4 Å². The Kier molecular flexibility index (Phi) is 5.29. The van der Waals surface area contributed by atoms with Crippen LogP contribution in [0.5, 0.6) is 0 Å². The number of benzene rings is 3. The Morgan fingerprint density at radius 3 is 1.58 bits per heavy atom. The molecule has 0 aliphatic carbocycles. The molecule has 130 valence electrons. The van der Waals surface area contributed by atoms with E-state index in [-0.39, 0.29) is 0 Å². The molecule has 0 aliphatic rings. The van der Waals surface area contributed by atoms with Crippen LogP contribution < -0.4 is 10.2 Å². The van der Waals surface area contributed by atoms with Gasteiger partial charge in [0, 0.05) is 0 Å². The third-order valence-corrected chi connectivity index (χ3v) is 3.88. The average molecular weight is 346 g/mol. The second kappa shape index (κ2) is 7.98. The lowest BCUT2D eigenvalue weighted by Gasteiger charge is -2.25. The Bertz CT molecular complexity index is 828. The van der Waals surface area contributed by atoms with Crippen LogP contribution in [0.3, 0.4) is 0 Å². The van der Waals surface area contributed by atoms with Crippen molar-refractivity contribution in [2.24, 2.45) is 0 Å². The fraction of sp³-hybridized carbons (Fsp3) is 0.0476. The van der Waals surface area contributed by atoms with E-state index in [2.05, 4.69) is 5.32 Å². The van der Waals surface area contributed by atoms with Gasteiger partial charge in [-0.25, -0.2) is 9.59 Å². The van der Waals surface area contributed by atoms with Crippen molar-refractivity contribution < 1.29 is 14.7 Å². The van der Waals surface area contributed by atoms with Gasteiger partial charge in [0.15, 0.2) is 6.04 Å². The molecule has 3 rings (SSSR count). The number of hydrogen-bond donors (Lipinski definition) is 2. The number of urea groups is 1. The van der Waals surface area contributed by atoms with E-state index in [4.69, 9.17) is 0 Å². The Morgan fingerprint density at radius 1 is 0.731 bits per heavy atom. The standard InChI is InChI=1S/C21H18N2O3/c24-20(25)19(16-10-4-1-5-11-16)22-21(26)23(17-12-6-2-7-13-17)18-14-8-3-9-15-18/h1-15,19H,(H,22,26)(H,24,25)/t19-/m0/s1. The zero-order valence-electron chi connectivity index (χ0n) is 13.9. The molecular formula is C21H18N2O3. The lowest BCUT2D eigenvalue weighted by atomic mass is 10.1. The minimum Gasteiger partial charge on any atom is -0.479 e. The van der Waals surface area contributed by atoms with Crippen LogP contribution in [-0.2, 0) is 4.79 Å². The summed E-state index contributed by atoms with van der Waals surface area (Å²) in [6.45, 7) is 0. The van der Waals surface area contributed by atoms with Crippen molar-refractivity contribution in [2.75, 3.05) is 4.90 Å². The van der Waals surface area contributed by atoms with Crippen LogP contribution in [0.15, 0.2) is 91.0 Å². The summed E-state index contributed by atoms with van der Waals surface area (Å²) >= 11 is 0. The van der Waals surface area contributed by atoms with Crippen molar-refractivity contribution in [2.45, 2.75) is 6.04 Å². The number of nitrogens with zero attached hydrogens (tertiary/aromatic N) is 1. The maximum atomic E-state index is 13.0. The van der Waals surface area contributed by atoms with Crippen molar-refractivity contribution in [1.29, 1.82) is 0 Å². The minimum absolute atomic E-state index is 0.509. The van der Waals surface area contributed by atoms with Gasteiger partial charge in [-0.15, -0.1) is 0 Å². The topological polar surface area (TPSA) is 69.6 Å². The molecule has 5 heteroatoms. The summed E-state index contributed by atoms with van der Waals surface area (Å²) in [5, 5.41) is 12.2. The van der Waals surface area contributed by atoms with E-state index in [1.54, 1.807) is 54.6 Å². The normalized spacial score (nSPS) is 11.4. The molecule has 3 aromatic carbocycles. The van der Waals surface area contributed by atoms with E-state index < -0.39 is 18.0 Å². The molecule has 0 fully saturated rings. The highest BCUT2D eigenvalue weighted by atomic mass is 16.4. The molecule has 0 radical (unpaired) electrons. The number of nitrogens with one attached hydrogen (secondary N) is 1. The van der Waals surface area contributed by atoms with Crippen LogP contribution in [0, 0.1) is 0 Å². The van der Waals surface area contributed by atoms with Gasteiger partial charge in [-0.3, -0.25) is 4.90 Å². The van der Waals surface area contributed by atoms with Crippen molar-refractivity contribution >= 4 is 23.4 Å². The predicted octanol–water partition coefficient (Wildman–Crippen LogP) is 4.36. The first kappa shape index (κ1) is 17.2. The van der Waals surface area contributed by atoms with Gasteiger partial charge in [0.25, 0.3) is 0 Å². The molecule has 2 amide bonds. The Balaban J connectivity index is 1.94. The zero-order chi connectivity index (χ0) is 18.4. The van der Waals surface area contributed by atoms with E-state index in [0.29, 0.717) is 16.9 Å². The van der Waals surface area contributed by atoms with Crippen molar-refractivity contribution in [1.82, 2.24) is 5.32 Å². The van der Waals surface area contributed by atoms with Crippen molar-refractivity contribution in [3.63, 3.8) is 0 Å². The molecule has 3 aromatic rings. The third-order valence-electron chi connectivity index (χ3n) is 3.88. The van der Waals surface area contributed by atoms with Gasteiger partial charge in [0.2, 0.25) is 0 Å². The average Bonchev–Trinajstić information content (AvgIpc) is 2.68. The number of aliphatic carboxylic acids is 1. The first-order valence-electron chi connectivity index (χ1n) is 8.15. The largest absolute Gasteiger partial charge is 0.479 e. The molecule has 0 saturated carbocycles. The number of carboxylic acid groups (broad SMARTS) is 1. The van der Waals surface area contributed by atoms with Crippen LogP contribution in [0.1, 0.15) is 11.6 Å². The fourth-order valence-electron chi connectivity index (χ4n) is 2.66. The van der Waals surface area contributed by atoms with Crippen molar-refractivity contribution in [3.05, 3.63) is 96.6 Å². The van der Waals surface area contributed by atoms with E-state index >= 15 is 0 Å². The zero-order valence-corrected chi connectivity index (χ0v) is 13.9. The monoisotopic (exact) mass is 346 g/mol. The quantitative estimate of drug-likeness (QED) is 0.721. The third kappa shape index (κ3) is 3.89.